The van der Waals surface area contributed by atoms with Gasteiger partial charge in [-0.2, -0.15) is 4.98 Å². The van der Waals surface area contributed by atoms with Crippen LogP contribution in [0.3, 0.4) is 0 Å². The lowest BCUT2D eigenvalue weighted by molar-refractivity contribution is 0.221. The summed E-state index contributed by atoms with van der Waals surface area (Å²) < 4.78 is 1.78. The van der Waals surface area contributed by atoms with Crippen LogP contribution in [-0.2, 0) is 6.54 Å². The average Bonchev–Trinajstić information content (AvgIpc) is 2.82. The Kier molecular flexibility index (Phi) is 3.76. The SMILES string of the molecule is Cc1cc2c(N)nc(=O)n(CCN3CCCCC3)c2s1. The zero-order chi connectivity index (χ0) is 14.1. The van der Waals surface area contributed by atoms with Crippen LogP contribution in [0, 0.1) is 6.92 Å². The number of likely N-dealkylation sites (tertiary alicyclic amines) is 1. The van der Waals surface area contributed by atoms with Crippen LogP contribution in [0.4, 0.5) is 5.82 Å². The molecule has 3 heterocycles. The molecule has 1 saturated heterocycles. The van der Waals surface area contributed by atoms with Gasteiger partial charge in [0.15, 0.2) is 0 Å². The summed E-state index contributed by atoms with van der Waals surface area (Å²) in [7, 11) is 0. The highest BCUT2D eigenvalue weighted by Gasteiger charge is 2.14. The minimum atomic E-state index is -0.228. The van der Waals surface area contributed by atoms with Gasteiger partial charge in [-0.05, 0) is 38.9 Å². The second-order valence-corrected chi connectivity index (χ2v) is 6.64. The van der Waals surface area contributed by atoms with Crippen molar-refractivity contribution >= 4 is 27.4 Å². The molecular weight excluding hydrogens is 272 g/mol. The molecule has 1 aliphatic heterocycles. The Morgan fingerprint density at radius 1 is 1.30 bits per heavy atom. The first-order valence-corrected chi connectivity index (χ1v) is 7.95. The molecule has 2 N–H and O–H groups in total. The average molecular weight is 292 g/mol. The number of hydrogen-bond acceptors (Lipinski definition) is 5. The van der Waals surface area contributed by atoms with Crippen molar-refractivity contribution in [3.63, 3.8) is 0 Å². The molecule has 0 amide bonds. The van der Waals surface area contributed by atoms with Crippen LogP contribution in [0.5, 0.6) is 0 Å². The fourth-order valence-corrected chi connectivity index (χ4v) is 3.85. The highest BCUT2D eigenvalue weighted by molar-refractivity contribution is 7.18. The summed E-state index contributed by atoms with van der Waals surface area (Å²) in [5, 5.41) is 0.908. The molecular formula is C14H20N4OS. The molecule has 0 atom stereocenters. The number of fused-ring (bicyclic) bond motifs is 1. The van der Waals surface area contributed by atoms with Gasteiger partial charge in [-0.15, -0.1) is 11.3 Å². The van der Waals surface area contributed by atoms with E-state index in [2.05, 4.69) is 9.88 Å². The molecule has 0 radical (unpaired) electrons. The first kappa shape index (κ1) is 13.6. The van der Waals surface area contributed by atoms with Crippen molar-refractivity contribution in [1.82, 2.24) is 14.5 Å². The number of aryl methyl sites for hydroxylation is 1. The van der Waals surface area contributed by atoms with Crippen molar-refractivity contribution in [1.29, 1.82) is 0 Å². The summed E-state index contributed by atoms with van der Waals surface area (Å²) in [5.41, 5.74) is 5.62. The Hall–Kier alpha value is -1.40. The Morgan fingerprint density at radius 2 is 2.05 bits per heavy atom. The van der Waals surface area contributed by atoms with E-state index in [-0.39, 0.29) is 5.69 Å². The largest absolute Gasteiger partial charge is 0.383 e. The number of nitrogen functional groups attached to an aromatic ring is 1. The minimum absolute atomic E-state index is 0.228. The summed E-state index contributed by atoms with van der Waals surface area (Å²) in [4.78, 5) is 20.6. The van der Waals surface area contributed by atoms with E-state index in [9.17, 15) is 4.79 Å². The highest BCUT2D eigenvalue weighted by Crippen LogP contribution is 2.26. The molecule has 108 valence electrons. The molecule has 1 aliphatic rings. The third-order valence-corrected chi connectivity index (χ3v) is 4.97. The molecule has 0 aliphatic carbocycles. The zero-order valence-electron chi connectivity index (χ0n) is 11.8. The highest BCUT2D eigenvalue weighted by atomic mass is 32.1. The van der Waals surface area contributed by atoms with Crippen molar-refractivity contribution in [2.45, 2.75) is 32.7 Å². The molecule has 0 unspecified atom stereocenters. The van der Waals surface area contributed by atoms with Gasteiger partial charge in [-0.25, -0.2) is 4.79 Å². The quantitative estimate of drug-likeness (QED) is 0.937. The predicted octanol–water partition coefficient (Wildman–Crippen LogP) is 1.83. The molecule has 2 aromatic rings. The Balaban J connectivity index is 1.88. The van der Waals surface area contributed by atoms with E-state index in [0.717, 1.165) is 34.7 Å². The van der Waals surface area contributed by atoms with Crippen LogP contribution in [0.25, 0.3) is 10.2 Å². The van der Waals surface area contributed by atoms with Crippen molar-refractivity contribution in [3.05, 3.63) is 21.4 Å². The summed E-state index contributed by atoms with van der Waals surface area (Å²) in [6.45, 7) is 5.93. The topological polar surface area (TPSA) is 64.1 Å². The standard InChI is InChI=1S/C14H20N4OS/c1-10-9-11-12(15)16-14(19)18(13(11)20-10)8-7-17-5-3-2-4-6-17/h9H,2-8H2,1H3,(H2,15,16,19). The molecule has 2 aromatic heterocycles. The monoisotopic (exact) mass is 292 g/mol. The Labute approximate surface area is 122 Å². The van der Waals surface area contributed by atoms with Gasteiger partial charge >= 0.3 is 5.69 Å². The van der Waals surface area contributed by atoms with E-state index in [1.807, 2.05) is 13.0 Å². The van der Waals surface area contributed by atoms with E-state index in [1.54, 1.807) is 15.9 Å². The van der Waals surface area contributed by atoms with Gasteiger partial charge in [0, 0.05) is 18.0 Å². The summed E-state index contributed by atoms with van der Waals surface area (Å²) in [6, 6.07) is 2.01. The second-order valence-electron chi connectivity index (χ2n) is 5.41. The van der Waals surface area contributed by atoms with Crippen LogP contribution in [0.15, 0.2) is 10.9 Å². The normalized spacial score (nSPS) is 16.9. The molecule has 3 rings (SSSR count). The molecule has 0 aromatic carbocycles. The van der Waals surface area contributed by atoms with Gasteiger partial charge in [0.05, 0.1) is 5.39 Å². The van der Waals surface area contributed by atoms with Gasteiger partial charge < -0.3 is 10.6 Å². The lowest BCUT2D eigenvalue weighted by Crippen LogP contribution is -2.35. The maximum absolute atomic E-state index is 12.1. The van der Waals surface area contributed by atoms with E-state index in [4.69, 9.17) is 5.73 Å². The van der Waals surface area contributed by atoms with E-state index >= 15 is 0 Å². The number of nitrogens with zero attached hydrogens (tertiary/aromatic N) is 3. The summed E-state index contributed by atoms with van der Waals surface area (Å²) in [6.07, 6.45) is 3.86. The second kappa shape index (κ2) is 5.54. The van der Waals surface area contributed by atoms with Gasteiger partial charge in [-0.1, -0.05) is 6.42 Å². The number of thiophene rings is 1. The van der Waals surface area contributed by atoms with Gasteiger partial charge in [0.2, 0.25) is 0 Å². The molecule has 20 heavy (non-hydrogen) atoms. The van der Waals surface area contributed by atoms with Crippen LogP contribution in [-0.4, -0.2) is 34.1 Å². The number of rotatable bonds is 3. The zero-order valence-corrected chi connectivity index (χ0v) is 12.6. The molecule has 1 fully saturated rings. The Bertz CT molecular complexity index is 670. The third kappa shape index (κ3) is 2.58. The van der Waals surface area contributed by atoms with Gasteiger partial charge in [-0.3, -0.25) is 4.57 Å². The molecule has 6 heteroatoms. The third-order valence-electron chi connectivity index (χ3n) is 3.89. The Morgan fingerprint density at radius 3 is 2.80 bits per heavy atom. The maximum atomic E-state index is 12.1. The number of anilines is 1. The van der Waals surface area contributed by atoms with E-state index in [1.165, 1.54) is 19.3 Å². The fourth-order valence-electron chi connectivity index (χ4n) is 2.82. The van der Waals surface area contributed by atoms with Crippen molar-refractivity contribution in [2.75, 3.05) is 25.4 Å². The maximum Gasteiger partial charge on any atom is 0.350 e. The van der Waals surface area contributed by atoms with Crippen LogP contribution < -0.4 is 11.4 Å². The summed E-state index contributed by atoms with van der Waals surface area (Å²) >= 11 is 1.62. The van der Waals surface area contributed by atoms with Gasteiger partial charge in [0.1, 0.15) is 10.6 Å². The molecule has 5 nitrogen and oxygen atoms in total. The molecule has 0 bridgehead atoms. The van der Waals surface area contributed by atoms with E-state index in [0.29, 0.717) is 12.4 Å². The number of piperidine rings is 1. The van der Waals surface area contributed by atoms with Crippen LogP contribution >= 0.6 is 11.3 Å². The van der Waals surface area contributed by atoms with Crippen molar-refractivity contribution in [2.24, 2.45) is 0 Å². The van der Waals surface area contributed by atoms with E-state index < -0.39 is 0 Å². The lowest BCUT2D eigenvalue weighted by atomic mass is 10.1. The smallest absolute Gasteiger partial charge is 0.350 e. The number of nitrogens with two attached hydrogens (primary N) is 1. The number of aromatic nitrogens is 2. The molecule has 0 saturated carbocycles. The first-order valence-electron chi connectivity index (χ1n) is 7.14. The number of hydrogen-bond donors (Lipinski definition) is 1. The first-order chi connectivity index (χ1) is 9.65. The fraction of sp³-hybridized carbons (Fsp3) is 0.571. The molecule has 0 spiro atoms. The van der Waals surface area contributed by atoms with Crippen LogP contribution in [0.1, 0.15) is 24.1 Å². The van der Waals surface area contributed by atoms with Crippen molar-refractivity contribution in [3.8, 4) is 0 Å². The predicted molar refractivity (Wildman–Crippen MR) is 83.3 cm³/mol. The van der Waals surface area contributed by atoms with Crippen LogP contribution in [0.2, 0.25) is 0 Å². The lowest BCUT2D eigenvalue weighted by Gasteiger charge is -2.26. The van der Waals surface area contributed by atoms with Crippen molar-refractivity contribution < 1.29 is 0 Å². The summed E-state index contributed by atoms with van der Waals surface area (Å²) in [5.74, 6) is 0.351. The minimum Gasteiger partial charge on any atom is -0.383 e. The van der Waals surface area contributed by atoms with Gasteiger partial charge in [0.25, 0.3) is 0 Å².